The number of benzene rings is 1. The van der Waals surface area contributed by atoms with Crippen LogP contribution in [-0.2, 0) is 16.0 Å². The molecule has 0 aliphatic carbocycles. The zero-order chi connectivity index (χ0) is 17.2. The number of nitrogens with zero attached hydrogens (tertiary/aromatic N) is 1. The summed E-state index contributed by atoms with van der Waals surface area (Å²) < 4.78 is 15.9. The number of amides is 1. The Balaban J connectivity index is 1.67. The number of carbonyl (C=O) groups excluding carboxylic acids is 1. The molecule has 1 fully saturated rings. The molecule has 0 aromatic heterocycles. The molecule has 0 saturated carbocycles. The molecule has 1 aromatic rings. The van der Waals surface area contributed by atoms with Crippen LogP contribution in [0.3, 0.4) is 0 Å². The van der Waals surface area contributed by atoms with Gasteiger partial charge in [-0.15, -0.1) is 0 Å². The highest BCUT2D eigenvalue weighted by atomic mass is 16.5. The van der Waals surface area contributed by atoms with E-state index in [1.807, 2.05) is 18.2 Å². The van der Waals surface area contributed by atoms with Crippen LogP contribution < -0.4 is 14.8 Å². The molecule has 6 nitrogen and oxygen atoms in total. The van der Waals surface area contributed by atoms with Crippen LogP contribution in [0.25, 0.3) is 0 Å². The normalized spacial score (nSPS) is 15.1. The van der Waals surface area contributed by atoms with E-state index < -0.39 is 0 Å². The summed E-state index contributed by atoms with van der Waals surface area (Å²) in [6.45, 7) is 5.33. The molecule has 0 unspecified atom stereocenters. The van der Waals surface area contributed by atoms with Gasteiger partial charge in [-0.3, -0.25) is 9.69 Å². The zero-order valence-corrected chi connectivity index (χ0v) is 14.7. The number of morpholine rings is 1. The summed E-state index contributed by atoms with van der Waals surface area (Å²) in [5.74, 6) is 1.63. The molecule has 0 atom stereocenters. The summed E-state index contributed by atoms with van der Waals surface area (Å²) in [7, 11) is 3.27. The third kappa shape index (κ3) is 6.02. The van der Waals surface area contributed by atoms with Crippen molar-refractivity contribution in [2.24, 2.45) is 0 Å². The lowest BCUT2D eigenvalue weighted by Crippen LogP contribution is -2.38. The summed E-state index contributed by atoms with van der Waals surface area (Å²) in [6, 6.07) is 5.65. The highest BCUT2D eigenvalue weighted by Gasteiger charge is 2.10. The Bertz CT molecular complexity index is 516. The minimum atomic E-state index is 0.0712. The Hall–Kier alpha value is -1.79. The number of aryl methyl sites for hydroxylation is 1. The van der Waals surface area contributed by atoms with Gasteiger partial charge in [0, 0.05) is 26.1 Å². The first-order valence-electron chi connectivity index (χ1n) is 8.50. The molecular formula is C18H28N2O4. The summed E-state index contributed by atoms with van der Waals surface area (Å²) in [5, 5.41) is 2.99. The summed E-state index contributed by atoms with van der Waals surface area (Å²) >= 11 is 0. The second-order valence-corrected chi connectivity index (χ2v) is 5.84. The highest BCUT2D eigenvalue weighted by molar-refractivity contribution is 5.76. The number of hydrogen-bond acceptors (Lipinski definition) is 5. The molecule has 1 saturated heterocycles. The van der Waals surface area contributed by atoms with E-state index in [0.717, 1.165) is 56.3 Å². The van der Waals surface area contributed by atoms with E-state index in [1.54, 1.807) is 14.2 Å². The largest absolute Gasteiger partial charge is 0.497 e. The molecular weight excluding hydrogens is 308 g/mol. The quantitative estimate of drug-likeness (QED) is 0.692. The summed E-state index contributed by atoms with van der Waals surface area (Å²) in [5.41, 5.74) is 0.986. The van der Waals surface area contributed by atoms with Crippen LogP contribution in [0.5, 0.6) is 11.5 Å². The third-order valence-electron chi connectivity index (χ3n) is 4.19. The van der Waals surface area contributed by atoms with Crippen molar-refractivity contribution in [1.29, 1.82) is 0 Å². The molecule has 2 rings (SSSR count). The van der Waals surface area contributed by atoms with Crippen molar-refractivity contribution in [2.75, 3.05) is 53.6 Å². The lowest BCUT2D eigenvalue weighted by molar-refractivity contribution is -0.121. The first-order chi connectivity index (χ1) is 11.7. The smallest absolute Gasteiger partial charge is 0.220 e. The van der Waals surface area contributed by atoms with Crippen LogP contribution >= 0.6 is 0 Å². The van der Waals surface area contributed by atoms with Crippen molar-refractivity contribution in [3.63, 3.8) is 0 Å². The van der Waals surface area contributed by atoms with Crippen LogP contribution in [-0.4, -0.2) is 64.4 Å². The molecule has 6 heteroatoms. The van der Waals surface area contributed by atoms with Gasteiger partial charge < -0.3 is 19.5 Å². The average Bonchev–Trinajstić information content (AvgIpc) is 2.64. The lowest BCUT2D eigenvalue weighted by atomic mass is 10.1. The molecule has 1 aliphatic rings. The Morgan fingerprint density at radius 1 is 1.25 bits per heavy atom. The first-order valence-corrected chi connectivity index (χ1v) is 8.50. The van der Waals surface area contributed by atoms with Gasteiger partial charge in [0.2, 0.25) is 5.91 Å². The Kier molecular flexibility index (Phi) is 7.85. The SMILES string of the molecule is COc1ccc(OC)c(CCC(=O)NCCCN2CCOCC2)c1. The molecule has 0 radical (unpaired) electrons. The van der Waals surface area contributed by atoms with E-state index in [-0.39, 0.29) is 5.91 Å². The highest BCUT2D eigenvalue weighted by Crippen LogP contribution is 2.25. The monoisotopic (exact) mass is 336 g/mol. The van der Waals surface area contributed by atoms with Gasteiger partial charge in [0.15, 0.2) is 0 Å². The first kappa shape index (κ1) is 18.5. The van der Waals surface area contributed by atoms with Gasteiger partial charge in [-0.05, 0) is 43.1 Å². The number of carbonyl (C=O) groups is 1. The fourth-order valence-electron chi connectivity index (χ4n) is 2.77. The second-order valence-electron chi connectivity index (χ2n) is 5.84. The predicted octanol–water partition coefficient (Wildman–Crippen LogP) is 1.47. The number of ether oxygens (including phenoxy) is 3. The number of rotatable bonds is 9. The predicted molar refractivity (Wildman–Crippen MR) is 92.8 cm³/mol. The van der Waals surface area contributed by atoms with Crippen molar-refractivity contribution in [2.45, 2.75) is 19.3 Å². The van der Waals surface area contributed by atoms with Crippen LogP contribution in [0.4, 0.5) is 0 Å². The topological polar surface area (TPSA) is 60.0 Å². The van der Waals surface area contributed by atoms with E-state index in [9.17, 15) is 4.79 Å². The molecule has 0 spiro atoms. The maximum Gasteiger partial charge on any atom is 0.220 e. The van der Waals surface area contributed by atoms with Crippen molar-refractivity contribution >= 4 is 5.91 Å². The molecule has 1 amide bonds. The summed E-state index contributed by atoms with van der Waals surface area (Å²) in [6.07, 6.45) is 2.05. The Morgan fingerprint density at radius 3 is 2.75 bits per heavy atom. The van der Waals surface area contributed by atoms with Gasteiger partial charge in [-0.2, -0.15) is 0 Å². The van der Waals surface area contributed by atoms with E-state index in [0.29, 0.717) is 19.4 Å². The molecule has 134 valence electrons. The van der Waals surface area contributed by atoms with Crippen LogP contribution in [0, 0.1) is 0 Å². The fourth-order valence-corrected chi connectivity index (χ4v) is 2.77. The minimum absolute atomic E-state index is 0.0712. The van der Waals surface area contributed by atoms with Gasteiger partial charge in [-0.1, -0.05) is 0 Å². The summed E-state index contributed by atoms with van der Waals surface area (Å²) in [4.78, 5) is 14.4. The number of methoxy groups -OCH3 is 2. The molecule has 1 aromatic carbocycles. The number of nitrogens with one attached hydrogen (secondary N) is 1. The van der Waals surface area contributed by atoms with Gasteiger partial charge in [0.1, 0.15) is 11.5 Å². The standard InChI is InChI=1S/C18H28N2O4/c1-22-16-5-6-17(23-2)15(14-16)4-7-18(21)19-8-3-9-20-10-12-24-13-11-20/h5-6,14H,3-4,7-13H2,1-2H3,(H,19,21). The van der Waals surface area contributed by atoms with Crippen LogP contribution in [0.1, 0.15) is 18.4 Å². The molecule has 0 bridgehead atoms. The average molecular weight is 336 g/mol. The van der Waals surface area contributed by atoms with E-state index in [4.69, 9.17) is 14.2 Å². The maximum absolute atomic E-state index is 12.0. The lowest BCUT2D eigenvalue weighted by Gasteiger charge is -2.26. The van der Waals surface area contributed by atoms with Gasteiger partial charge in [0.05, 0.1) is 27.4 Å². The number of hydrogen-bond donors (Lipinski definition) is 1. The molecule has 24 heavy (non-hydrogen) atoms. The van der Waals surface area contributed by atoms with Crippen molar-refractivity contribution in [3.05, 3.63) is 23.8 Å². The second kappa shape index (κ2) is 10.2. The van der Waals surface area contributed by atoms with Crippen molar-refractivity contribution < 1.29 is 19.0 Å². The van der Waals surface area contributed by atoms with Crippen molar-refractivity contribution in [3.8, 4) is 11.5 Å². The minimum Gasteiger partial charge on any atom is -0.497 e. The zero-order valence-electron chi connectivity index (χ0n) is 14.7. The van der Waals surface area contributed by atoms with Crippen LogP contribution in [0.2, 0.25) is 0 Å². The van der Waals surface area contributed by atoms with Gasteiger partial charge >= 0.3 is 0 Å². The Morgan fingerprint density at radius 2 is 2.04 bits per heavy atom. The van der Waals surface area contributed by atoms with Gasteiger partial charge in [0.25, 0.3) is 0 Å². The maximum atomic E-state index is 12.0. The fraction of sp³-hybridized carbons (Fsp3) is 0.611. The molecule has 1 aliphatic heterocycles. The van der Waals surface area contributed by atoms with Crippen molar-refractivity contribution in [1.82, 2.24) is 10.2 Å². The van der Waals surface area contributed by atoms with Gasteiger partial charge in [-0.25, -0.2) is 0 Å². The Labute approximate surface area is 144 Å². The molecule has 1 N–H and O–H groups in total. The molecule has 1 heterocycles. The van der Waals surface area contributed by atoms with Crippen LogP contribution in [0.15, 0.2) is 18.2 Å². The third-order valence-corrected chi connectivity index (χ3v) is 4.19. The van der Waals surface area contributed by atoms with E-state index in [1.165, 1.54) is 0 Å². The van der Waals surface area contributed by atoms with E-state index >= 15 is 0 Å². The van der Waals surface area contributed by atoms with E-state index in [2.05, 4.69) is 10.2 Å².